The maximum absolute atomic E-state index is 14.0. The molecule has 0 atom stereocenters. The number of likely N-dealkylation sites (tertiary alicyclic amines) is 1. The molecule has 0 radical (unpaired) electrons. The SMILES string of the molecule is [2H]c1c(Cc2cc(F)ccc2O)[nH]c(=O)c2ccc(-c3ccc(C4CCN(C)CC4)cc3)c(-c3nc4ccccc4[nH]3)c12. The Morgan fingerprint density at radius 3 is 2.57 bits per heavy atom. The van der Waals surface area contributed by atoms with Crippen LogP contribution in [0.4, 0.5) is 4.39 Å². The Labute approximate surface area is 243 Å². The van der Waals surface area contributed by atoms with Gasteiger partial charge in [0.2, 0.25) is 0 Å². The predicted octanol–water partition coefficient (Wildman–Crippen LogP) is 6.98. The molecule has 0 bridgehead atoms. The maximum Gasteiger partial charge on any atom is 0.256 e. The molecule has 0 amide bonds. The van der Waals surface area contributed by atoms with Gasteiger partial charge in [0, 0.05) is 34.0 Å². The van der Waals surface area contributed by atoms with Gasteiger partial charge in [-0.15, -0.1) is 0 Å². The molecule has 6 nitrogen and oxygen atoms in total. The molecule has 1 aliphatic heterocycles. The normalized spacial score (nSPS) is 15.0. The first kappa shape index (κ1) is 25.0. The maximum atomic E-state index is 14.0. The number of piperidine rings is 1. The lowest BCUT2D eigenvalue weighted by Gasteiger charge is -2.29. The van der Waals surface area contributed by atoms with E-state index in [1.54, 1.807) is 6.07 Å². The summed E-state index contributed by atoms with van der Waals surface area (Å²) < 4.78 is 23.3. The fourth-order valence-electron chi connectivity index (χ4n) is 6.12. The Balaban J connectivity index is 1.42. The van der Waals surface area contributed by atoms with Crippen LogP contribution >= 0.6 is 0 Å². The number of aromatic hydroxyl groups is 1. The van der Waals surface area contributed by atoms with Crippen LogP contribution in [-0.2, 0) is 6.42 Å². The number of phenols is 1. The number of H-pyrrole nitrogens is 2. The summed E-state index contributed by atoms with van der Waals surface area (Å²) in [5.41, 5.74) is 5.61. The van der Waals surface area contributed by atoms with Crippen LogP contribution in [0.1, 0.15) is 37.0 Å². The van der Waals surface area contributed by atoms with E-state index in [2.05, 4.69) is 46.2 Å². The van der Waals surface area contributed by atoms with Crippen molar-refractivity contribution in [1.82, 2.24) is 19.9 Å². The average Bonchev–Trinajstić information content (AvgIpc) is 3.45. The molecule has 2 aromatic heterocycles. The Hall–Kier alpha value is -4.75. The van der Waals surface area contributed by atoms with Crippen LogP contribution in [0.3, 0.4) is 0 Å². The third-order valence-electron chi connectivity index (χ3n) is 8.44. The van der Waals surface area contributed by atoms with E-state index in [0.717, 1.165) is 48.1 Å². The van der Waals surface area contributed by atoms with Crippen molar-refractivity contribution in [1.29, 1.82) is 0 Å². The zero-order chi connectivity index (χ0) is 29.7. The molecule has 3 N–H and O–H groups in total. The molecule has 1 fully saturated rings. The molecule has 1 saturated heterocycles. The Morgan fingerprint density at radius 1 is 1.00 bits per heavy atom. The van der Waals surface area contributed by atoms with E-state index in [0.29, 0.717) is 28.1 Å². The quantitative estimate of drug-likeness (QED) is 0.213. The number of hydrogen-bond donors (Lipinski definition) is 3. The van der Waals surface area contributed by atoms with Crippen molar-refractivity contribution in [3.63, 3.8) is 0 Å². The van der Waals surface area contributed by atoms with Crippen molar-refractivity contribution in [2.75, 3.05) is 20.1 Å². The van der Waals surface area contributed by atoms with Crippen LogP contribution in [0.25, 0.3) is 44.3 Å². The average molecular weight is 560 g/mol. The number of nitrogens with zero attached hydrogens (tertiary/aromatic N) is 2. The van der Waals surface area contributed by atoms with Crippen molar-refractivity contribution in [3.05, 3.63) is 118 Å². The molecule has 6 aromatic rings. The smallest absolute Gasteiger partial charge is 0.256 e. The van der Waals surface area contributed by atoms with E-state index in [1.807, 2.05) is 30.3 Å². The van der Waals surface area contributed by atoms with Crippen molar-refractivity contribution in [3.8, 4) is 28.3 Å². The standard InChI is InChI=1S/C35H31FN4O2/c1-40-16-14-22(15-17-40)21-6-8-23(9-7-21)27-11-12-28-29(33(27)34-38-30-4-2-3-5-31(30)39-34)20-26(37-35(28)42)19-24-18-25(36)10-13-32(24)41/h2-13,18,20,22,41H,14-17,19H2,1H3,(H,37,42)(H,38,39)/i20D. The molecule has 210 valence electrons. The second-order valence-electron chi connectivity index (χ2n) is 11.2. The van der Waals surface area contributed by atoms with Gasteiger partial charge in [0.25, 0.3) is 5.56 Å². The lowest BCUT2D eigenvalue weighted by atomic mass is 9.87. The highest BCUT2D eigenvalue weighted by Gasteiger charge is 2.21. The summed E-state index contributed by atoms with van der Waals surface area (Å²) in [6.45, 7) is 2.17. The van der Waals surface area contributed by atoms with E-state index in [9.17, 15) is 15.7 Å². The molecule has 0 spiro atoms. The van der Waals surface area contributed by atoms with Gasteiger partial charge in [-0.05, 0) is 98.0 Å². The number of aromatic amines is 2. The van der Waals surface area contributed by atoms with E-state index >= 15 is 0 Å². The molecule has 0 unspecified atom stereocenters. The number of pyridine rings is 1. The number of para-hydroxylation sites is 2. The van der Waals surface area contributed by atoms with E-state index in [1.165, 1.54) is 23.8 Å². The Morgan fingerprint density at radius 2 is 1.79 bits per heavy atom. The van der Waals surface area contributed by atoms with Crippen LogP contribution in [-0.4, -0.2) is 45.1 Å². The highest BCUT2D eigenvalue weighted by molar-refractivity contribution is 6.03. The molecule has 7 rings (SSSR count). The van der Waals surface area contributed by atoms with Crippen molar-refractivity contribution >= 4 is 21.8 Å². The topological polar surface area (TPSA) is 85.0 Å². The molecular formula is C35H31FN4O2. The van der Waals surface area contributed by atoms with Crippen LogP contribution < -0.4 is 5.56 Å². The van der Waals surface area contributed by atoms with Gasteiger partial charge in [-0.2, -0.15) is 0 Å². The van der Waals surface area contributed by atoms with Crippen LogP contribution in [0.15, 0.2) is 89.7 Å². The van der Waals surface area contributed by atoms with Gasteiger partial charge >= 0.3 is 0 Å². The monoisotopic (exact) mass is 559 g/mol. The molecular weight excluding hydrogens is 527 g/mol. The van der Waals surface area contributed by atoms with Gasteiger partial charge in [-0.3, -0.25) is 4.79 Å². The van der Waals surface area contributed by atoms with Gasteiger partial charge in [0.05, 0.1) is 12.4 Å². The van der Waals surface area contributed by atoms with Gasteiger partial charge in [0.1, 0.15) is 17.4 Å². The number of hydrogen-bond acceptors (Lipinski definition) is 4. The van der Waals surface area contributed by atoms with E-state index in [-0.39, 0.29) is 35.0 Å². The Bertz CT molecular complexity index is 2010. The zero-order valence-corrected chi connectivity index (χ0v) is 23.2. The first-order valence-corrected chi connectivity index (χ1v) is 14.3. The number of rotatable bonds is 5. The third-order valence-corrected chi connectivity index (χ3v) is 8.44. The summed E-state index contributed by atoms with van der Waals surface area (Å²) in [6, 6.07) is 23.8. The highest BCUT2D eigenvalue weighted by Crippen LogP contribution is 2.38. The van der Waals surface area contributed by atoms with Crippen LogP contribution in [0.2, 0.25) is 0 Å². The number of benzene rings is 4. The van der Waals surface area contributed by atoms with Gasteiger partial charge < -0.3 is 20.0 Å². The summed E-state index contributed by atoms with van der Waals surface area (Å²) in [7, 11) is 2.16. The number of aromatic nitrogens is 3. The second kappa shape index (κ2) is 10.6. The summed E-state index contributed by atoms with van der Waals surface area (Å²) in [5, 5.41) is 11.2. The third kappa shape index (κ3) is 4.86. The van der Waals surface area contributed by atoms with Crippen LogP contribution in [0, 0.1) is 5.82 Å². The highest BCUT2D eigenvalue weighted by atomic mass is 19.1. The minimum atomic E-state index is -0.503. The molecule has 4 aromatic carbocycles. The summed E-state index contributed by atoms with van der Waals surface area (Å²) in [4.78, 5) is 26.9. The second-order valence-corrected chi connectivity index (χ2v) is 11.2. The lowest BCUT2D eigenvalue weighted by Crippen LogP contribution is -2.29. The lowest BCUT2D eigenvalue weighted by molar-refractivity contribution is 0.255. The number of imidazole rings is 1. The fraction of sp³-hybridized carbons (Fsp3) is 0.200. The van der Waals surface area contributed by atoms with Crippen molar-refractivity contribution in [2.45, 2.75) is 25.2 Å². The molecule has 7 heteroatoms. The van der Waals surface area contributed by atoms with Crippen molar-refractivity contribution < 1.29 is 10.9 Å². The molecule has 0 saturated carbocycles. The van der Waals surface area contributed by atoms with E-state index in [4.69, 9.17) is 4.98 Å². The summed E-state index contributed by atoms with van der Waals surface area (Å²) >= 11 is 0. The van der Waals surface area contributed by atoms with E-state index < -0.39 is 5.82 Å². The largest absolute Gasteiger partial charge is 0.508 e. The number of nitrogens with one attached hydrogen (secondary N) is 2. The number of fused-ring (bicyclic) bond motifs is 2. The Kier molecular flexibility index (Phi) is 6.30. The number of phenolic OH excluding ortho intramolecular Hbond substituents is 1. The minimum Gasteiger partial charge on any atom is -0.508 e. The van der Waals surface area contributed by atoms with Gasteiger partial charge in [-0.25, -0.2) is 9.37 Å². The zero-order valence-electron chi connectivity index (χ0n) is 24.2. The first-order valence-electron chi connectivity index (χ1n) is 14.8. The molecule has 42 heavy (non-hydrogen) atoms. The molecule has 3 heterocycles. The minimum absolute atomic E-state index is 0.0112. The number of halogens is 1. The predicted molar refractivity (Wildman–Crippen MR) is 165 cm³/mol. The van der Waals surface area contributed by atoms with Gasteiger partial charge in [0.15, 0.2) is 0 Å². The van der Waals surface area contributed by atoms with Gasteiger partial charge in [-0.1, -0.05) is 42.5 Å². The molecule has 1 aliphatic rings. The molecule has 0 aliphatic carbocycles. The fourth-order valence-corrected chi connectivity index (χ4v) is 6.12. The van der Waals surface area contributed by atoms with Crippen LogP contribution in [0.5, 0.6) is 5.75 Å². The first-order chi connectivity index (χ1) is 20.9. The summed E-state index contributed by atoms with van der Waals surface area (Å²) in [6.07, 6.45) is 2.25. The summed E-state index contributed by atoms with van der Waals surface area (Å²) in [5.74, 6) is 0.478. The van der Waals surface area contributed by atoms with Crippen molar-refractivity contribution in [2.24, 2.45) is 0 Å².